The highest BCUT2D eigenvalue weighted by Gasteiger charge is 2.08. The molecular weight excluding hydrogens is 180 g/mol. The largest absolute Gasteiger partial charge is 0.337 e. The van der Waals surface area contributed by atoms with Gasteiger partial charge in [0.1, 0.15) is 0 Å². The van der Waals surface area contributed by atoms with Crippen LogP contribution in [-0.2, 0) is 0 Å². The van der Waals surface area contributed by atoms with Gasteiger partial charge in [0.05, 0.1) is 0 Å². The molecule has 1 rings (SSSR count). The molecule has 2 atom stereocenters. The number of aromatic nitrogens is 2. The van der Waals surface area contributed by atoms with Gasteiger partial charge in [-0.25, -0.2) is 0 Å². The van der Waals surface area contributed by atoms with E-state index in [0.717, 1.165) is 10.7 Å². The lowest BCUT2D eigenvalue weighted by atomic mass is 10.0. The number of hydrogen-bond donors (Lipinski definition) is 1. The number of nitrogens with zero attached hydrogens (tertiary/aromatic N) is 1. The van der Waals surface area contributed by atoms with Crippen LogP contribution >= 0.6 is 12.2 Å². The summed E-state index contributed by atoms with van der Waals surface area (Å²) in [6, 6.07) is 0.508. The number of hydrogen-bond acceptors (Lipinski definition) is 1. The fraction of sp³-hybridized carbons (Fsp3) is 0.700. The topological polar surface area (TPSA) is 20.7 Å². The maximum atomic E-state index is 5.16. The van der Waals surface area contributed by atoms with E-state index in [1.807, 2.05) is 12.4 Å². The molecule has 0 amide bonds. The van der Waals surface area contributed by atoms with Crippen LogP contribution in [0, 0.1) is 10.7 Å². The zero-order valence-corrected chi connectivity index (χ0v) is 9.40. The molecular formula is C10H18N2S. The Morgan fingerprint density at radius 2 is 2.23 bits per heavy atom. The molecule has 3 heteroatoms. The van der Waals surface area contributed by atoms with Gasteiger partial charge in [0.25, 0.3) is 0 Å². The fourth-order valence-corrected chi connectivity index (χ4v) is 1.85. The first-order valence-electron chi connectivity index (χ1n) is 4.90. The SMILES string of the molecule is CCC(C)CC(C)n1cc[nH]c1=S. The van der Waals surface area contributed by atoms with E-state index < -0.39 is 0 Å². The molecule has 0 fully saturated rings. The lowest BCUT2D eigenvalue weighted by molar-refractivity contribution is 0.396. The van der Waals surface area contributed by atoms with Crippen molar-refractivity contribution in [3.05, 3.63) is 17.2 Å². The summed E-state index contributed by atoms with van der Waals surface area (Å²) < 4.78 is 2.96. The average molecular weight is 198 g/mol. The molecule has 0 aromatic carbocycles. The van der Waals surface area contributed by atoms with Crippen LogP contribution in [0.3, 0.4) is 0 Å². The second-order valence-corrected chi connectivity index (χ2v) is 4.16. The molecule has 1 aromatic heterocycles. The summed E-state index contributed by atoms with van der Waals surface area (Å²) >= 11 is 5.16. The lowest BCUT2D eigenvalue weighted by Gasteiger charge is -2.16. The number of imidazole rings is 1. The van der Waals surface area contributed by atoms with Crippen LogP contribution in [0.15, 0.2) is 12.4 Å². The van der Waals surface area contributed by atoms with Gasteiger partial charge in [-0.3, -0.25) is 0 Å². The van der Waals surface area contributed by atoms with Crippen LogP contribution in [0.5, 0.6) is 0 Å². The number of nitrogens with one attached hydrogen (secondary N) is 1. The maximum Gasteiger partial charge on any atom is 0.177 e. The number of H-pyrrole nitrogens is 1. The first kappa shape index (κ1) is 10.5. The second-order valence-electron chi connectivity index (χ2n) is 3.77. The predicted octanol–water partition coefficient (Wildman–Crippen LogP) is 3.54. The molecule has 0 aliphatic heterocycles. The Labute approximate surface area is 85.0 Å². The Hall–Kier alpha value is -0.570. The third kappa shape index (κ3) is 2.69. The molecule has 0 aliphatic rings. The molecule has 13 heavy (non-hydrogen) atoms. The van der Waals surface area contributed by atoms with Crippen molar-refractivity contribution in [1.29, 1.82) is 0 Å². The van der Waals surface area contributed by atoms with E-state index in [4.69, 9.17) is 12.2 Å². The molecule has 0 saturated carbocycles. The van der Waals surface area contributed by atoms with Crippen LogP contribution in [0.25, 0.3) is 0 Å². The smallest absolute Gasteiger partial charge is 0.177 e. The lowest BCUT2D eigenvalue weighted by Crippen LogP contribution is -2.08. The Morgan fingerprint density at radius 1 is 1.54 bits per heavy atom. The van der Waals surface area contributed by atoms with E-state index in [1.165, 1.54) is 12.8 Å². The van der Waals surface area contributed by atoms with Crippen molar-refractivity contribution in [2.75, 3.05) is 0 Å². The van der Waals surface area contributed by atoms with Gasteiger partial charge in [-0.2, -0.15) is 0 Å². The van der Waals surface area contributed by atoms with E-state index in [2.05, 4.69) is 30.3 Å². The number of rotatable bonds is 4. The number of aromatic amines is 1. The van der Waals surface area contributed by atoms with Gasteiger partial charge in [0, 0.05) is 18.4 Å². The Morgan fingerprint density at radius 3 is 2.69 bits per heavy atom. The van der Waals surface area contributed by atoms with Gasteiger partial charge in [-0.05, 0) is 31.5 Å². The van der Waals surface area contributed by atoms with Gasteiger partial charge in [-0.15, -0.1) is 0 Å². The van der Waals surface area contributed by atoms with Gasteiger partial charge in [0.2, 0.25) is 0 Å². The highest BCUT2D eigenvalue weighted by Crippen LogP contribution is 2.19. The molecule has 1 N–H and O–H groups in total. The van der Waals surface area contributed by atoms with E-state index >= 15 is 0 Å². The molecule has 1 heterocycles. The van der Waals surface area contributed by atoms with Crippen molar-refractivity contribution < 1.29 is 0 Å². The first-order chi connectivity index (χ1) is 6.15. The molecule has 2 unspecified atom stereocenters. The summed E-state index contributed by atoms with van der Waals surface area (Å²) in [6.07, 6.45) is 6.36. The summed E-state index contributed by atoms with van der Waals surface area (Å²) in [5.74, 6) is 0.770. The van der Waals surface area contributed by atoms with Crippen molar-refractivity contribution in [3.8, 4) is 0 Å². The van der Waals surface area contributed by atoms with Crippen molar-refractivity contribution in [1.82, 2.24) is 9.55 Å². The van der Waals surface area contributed by atoms with Crippen molar-refractivity contribution >= 4 is 12.2 Å². The Kier molecular flexibility index (Phi) is 3.72. The Bertz CT molecular complexity index is 300. The monoisotopic (exact) mass is 198 g/mol. The van der Waals surface area contributed by atoms with Gasteiger partial charge < -0.3 is 9.55 Å². The highest BCUT2D eigenvalue weighted by molar-refractivity contribution is 7.71. The zero-order chi connectivity index (χ0) is 9.84. The van der Waals surface area contributed by atoms with Crippen LogP contribution in [0.4, 0.5) is 0 Å². The molecule has 1 aromatic rings. The molecule has 0 saturated heterocycles. The van der Waals surface area contributed by atoms with Crippen molar-refractivity contribution in [3.63, 3.8) is 0 Å². The quantitative estimate of drug-likeness (QED) is 0.734. The van der Waals surface area contributed by atoms with Crippen LogP contribution in [-0.4, -0.2) is 9.55 Å². The summed E-state index contributed by atoms with van der Waals surface area (Å²) in [5.41, 5.74) is 0. The van der Waals surface area contributed by atoms with Crippen LogP contribution in [0.1, 0.15) is 39.7 Å². The summed E-state index contributed by atoms with van der Waals surface area (Å²) in [6.45, 7) is 6.73. The maximum absolute atomic E-state index is 5.16. The van der Waals surface area contributed by atoms with E-state index in [-0.39, 0.29) is 0 Å². The van der Waals surface area contributed by atoms with Crippen molar-refractivity contribution in [2.45, 2.75) is 39.7 Å². The normalized spacial score (nSPS) is 15.6. The summed E-state index contributed by atoms with van der Waals surface area (Å²) in [5, 5.41) is 0. The third-order valence-electron chi connectivity index (χ3n) is 2.59. The highest BCUT2D eigenvalue weighted by atomic mass is 32.1. The fourth-order valence-electron chi connectivity index (χ4n) is 1.54. The van der Waals surface area contributed by atoms with Crippen molar-refractivity contribution in [2.24, 2.45) is 5.92 Å². The molecule has 0 bridgehead atoms. The predicted molar refractivity (Wildman–Crippen MR) is 58.4 cm³/mol. The summed E-state index contributed by atoms with van der Waals surface area (Å²) in [4.78, 5) is 3.02. The van der Waals surface area contributed by atoms with E-state index in [0.29, 0.717) is 6.04 Å². The molecule has 74 valence electrons. The second kappa shape index (κ2) is 4.61. The van der Waals surface area contributed by atoms with Gasteiger partial charge in [-0.1, -0.05) is 20.3 Å². The standard InChI is InChI=1S/C10H18N2S/c1-4-8(2)7-9(3)12-6-5-11-10(12)13/h5-6,8-9H,4,7H2,1-3H3,(H,11,13). The summed E-state index contributed by atoms with van der Waals surface area (Å²) in [7, 11) is 0. The minimum absolute atomic E-state index is 0.508. The molecule has 2 nitrogen and oxygen atoms in total. The minimum atomic E-state index is 0.508. The first-order valence-corrected chi connectivity index (χ1v) is 5.31. The van der Waals surface area contributed by atoms with Crippen LogP contribution in [0.2, 0.25) is 0 Å². The van der Waals surface area contributed by atoms with E-state index in [9.17, 15) is 0 Å². The zero-order valence-electron chi connectivity index (χ0n) is 8.58. The third-order valence-corrected chi connectivity index (χ3v) is 2.92. The molecule has 0 radical (unpaired) electrons. The van der Waals surface area contributed by atoms with E-state index in [1.54, 1.807) is 0 Å². The van der Waals surface area contributed by atoms with Crippen LogP contribution < -0.4 is 0 Å². The van der Waals surface area contributed by atoms with Gasteiger partial charge >= 0.3 is 0 Å². The average Bonchev–Trinajstić information content (AvgIpc) is 2.51. The molecule has 0 aliphatic carbocycles. The molecule has 0 spiro atoms. The minimum Gasteiger partial charge on any atom is -0.337 e. The van der Waals surface area contributed by atoms with Gasteiger partial charge in [0.15, 0.2) is 4.77 Å². The Balaban J connectivity index is 2.63.